The minimum Gasteiger partial charge on any atom is -0.453 e. The zero-order valence-electron chi connectivity index (χ0n) is 39.1. The Morgan fingerprint density at radius 1 is 0.625 bits per heavy atom. The third-order valence-corrected chi connectivity index (χ3v) is 14.2. The Labute approximate surface area is 377 Å². The maximum Gasteiger partial charge on any atom is 0.407 e. The van der Waals surface area contributed by atoms with Crippen molar-refractivity contribution in [1.82, 2.24) is 40.4 Å². The number of imidazole rings is 2. The molecule has 4 N–H and O–H groups in total. The van der Waals surface area contributed by atoms with E-state index in [1.165, 1.54) is 67.7 Å². The first-order valence-electron chi connectivity index (χ1n) is 23.1. The average molecular weight is 875 g/mol. The SMILES string of the molecule is COC(=O)N[C@H](C(=O)N1CC(C)(C)C[C@H]1c1ncc(-c2ccc(-c3ccc(-c4cnc([C@@H]5CC(C)(C)CN5C(=O)[C@@H](NC(=O)OC)C(C)C)[nH]4)c4c3C3CCC4CC3)cc2)[nH]1)C(C)C. The lowest BCUT2D eigenvalue weighted by Gasteiger charge is -2.41. The number of nitrogens with zero attached hydrogens (tertiary/aromatic N) is 4. The smallest absolute Gasteiger partial charge is 0.407 e. The van der Waals surface area contributed by atoms with Gasteiger partial charge in [-0.25, -0.2) is 19.6 Å². The summed E-state index contributed by atoms with van der Waals surface area (Å²) < 4.78 is 9.70. The molecule has 9 rings (SSSR count). The first-order chi connectivity index (χ1) is 30.4. The number of aromatic nitrogens is 4. The number of carbonyl (C=O) groups excluding carboxylic acids is 4. The van der Waals surface area contributed by atoms with Gasteiger partial charge in [0, 0.05) is 18.7 Å². The lowest BCUT2D eigenvalue weighted by atomic mass is 9.64. The Hall–Kier alpha value is -5.66. The van der Waals surface area contributed by atoms with E-state index < -0.39 is 24.3 Å². The van der Waals surface area contributed by atoms with E-state index in [1.54, 1.807) is 0 Å². The van der Waals surface area contributed by atoms with Crippen LogP contribution in [-0.4, -0.2) is 93.1 Å². The van der Waals surface area contributed by atoms with Crippen LogP contribution in [0.25, 0.3) is 33.6 Å². The van der Waals surface area contributed by atoms with E-state index in [-0.39, 0.29) is 46.6 Å². The molecule has 5 aliphatic rings. The molecule has 14 nitrogen and oxygen atoms in total. The molecule has 4 aromatic rings. The van der Waals surface area contributed by atoms with Crippen LogP contribution in [0.4, 0.5) is 9.59 Å². The number of rotatable bonds is 11. The lowest BCUT2D eigenvalue weighted by molar-refractivity contribution is -0.136. The van der Waals surface area contributed by atoms with Crippen LogP contribution in [0.1, 0.15) is 141 Å². The fourth-order valence-electron chi connectivity index (χ4n) is 11.0. The lowest BCUT2D eigenvalue weighted by Crippen LogP contribution is -2.51. The molecule has 4 amide bonds. The van der Waals surface area contributed by atoms with Crippen molar-refractivity contribution in [2.75, 3.05) is 27.3 Å². The van der Waals surface area contributed by atoms with Gasteiger partial charge in [-0.2, -0.15) is 0 Å². The zero-order chi connectivity index (χ0) is 45.8. The molecule has 2 saturated heterocycles. The number of fused-ring (bicyclic) bond motifs is 2. The summed E-state index contributed by atoms with van der Waals surface area (Å²) in [5.41, 5.74) is 9.05. The largest absolute Gasteiger partial charge is 0.453 e. The summed E-state index contributed by atoms with van der Waals surface area (Å²) in [6.07, 6.45) is 8.72. The minimum atomic E-state index is -0.715. The van der Waals surface area contributed by atoms with Gasteiger partial charge in [0.2, 0.25) is 11.8 Å². The van der Waals surface area contributed by atoms with E-state index in [2.05, 4.69) is 84.7 Å². The van der Waals surface area contributed by atoms with Gasteiger partial charge in [0.05, 0.1) is 50.1 Å². The number of aromatic amines is 2. The van der Waals surface area contributed by atoms with Crippen LogP contribution in [0.2, 0.25) is 0 Å². The molecule has 14 heteroatoms. The number of benzene rings is 2. The number of H-pyrrole nitrogens is 2. The summed E-state index contributed by atoms with van der Waals surface area (Å²) in [5, 5.41) is 5.52. The maximum absolute atomic E-state index is 14.1. The number of ether oxygens (including phenoxy) is 2. The van der Waals surface area contributed by atoms with E-state index in [0.717, 1.165) is 41.4 Å². The number of likely N-dealkylation sites (tertiary alicyclic amines) is 2. The molecular weight excluding hydrogens is 809 g/mol. The fourth-order valence-corrected chi connectivity index (χ4v) is 11.0. The van der Waals surface area contributed by atoms with Gasteiger partial charge in [-0.1, -0.05) is 91.8 Å². The molecule has 342 valence electrons. The molecule has 64 heavy (non-hydrogen) atoms. The molecule has 3 fully saturated rings. The van der Waals surface area contributed by atoms with Crippen LogP contribution >= 0.6 is 0 Å². The van der Waals surface area contributed by atoms with E-state index in [4.69, 9.17) is 19.4 Å². The number of amides is 4. The Morgan fingerprint density at radius 3 is 1.48 bits per heavy atom. The molecule has 3 aliphatic carbocycles. The predicted octanol–water partition coefficient (Wildman–Crippen LogP) is 9.25. The second-order valence-electron chi connectivity index (χ2n) is 20.9. The van der Waals surface area contributed by atoms with Crippen molar-refractivity contribution in [3.05, 3.63) is 71.6 Å². The van der Waals surface area contributed by atoms with Crippen molar-refractivity contribution in [3.63, 3.8) is 0 Å². The first-order valence-corrected chi connectivity index (χ1v) is 23.1. The molecule has 2 aromatic heterocycles. The van der Waals surface area contributed by atoms with Crippen molar-refractivity contribution in [3.8, 4) is 33.6 Å². The van der Waals surface area contributed by atoms with Gasteiger partial charge in [0.1, 0.15) is 23.7 Å². The second kappa shape index (κ2) is 17.4. The number of nitrogens with one attached hydrogen (secondary N) is 4. The van der Waals surface area contributed by atoms with Crippen LogP contribution in [0.15, 0.2) is 48.8 Å². The standard InChI is InChI=1S/C50H66N8O6/c1-27(2)41(55-47(61)63-9)45(59)57-25-49(5,6)21-37(57)43-51-23-35(53-43)30-13-11-29(12-14-30)33-19-20-34(40-32-17-15-31(16-18-32)39(33)40)36-24-52-44(54-36)38-22-50(7,8)26-58(38)46(60)42(28(3)4)56-48(62)64-10/h11-14,19-20,23-24,27-28,31-32,37-38,41-42H,15-18,21-22,25-26H2,1-10H3,(H,51,53)(H,52,54)(H,55,61)(H,56,62)/t31?,32?,37-,38-,41-,42-/m0/s1. The number of alkyl carbamates (subject to hydrolysis) is 2. The monoisotopic (exact) mass is 875 g/mol. The molecule has 4 heterocycles. The highest BCUT2D eigenvalue weighted by molar-refractivity contribution is 5.87. The highest BCUT2D eigenvalue weighted by Crippen LogP contribution is 2.55. The topological polar surface area (TPSA) is 175 Å². The highest BCUT2D eigenvalue weighted by atomic mass is 16.5. The molecule has 0 unspecified atom stereocenters. The Morgan fingerprint density at radius 2 is 1.03 bits per heavy atom. The van der Waals surface area contributed by atoms with E-state index >= 15 is 0 Å². The average Bonchev–Trinajstić information content (AvgIpc) is 4.09. The van der Waals surface area contributed by atoms with Crippen LogP contribution < -0.4 is 10.6 Å². The molecule has 2 aromatic carbocycles. The molecule has 4 atom stereocenters. The Balaban J connectivity index is 1.06. The van der Waals surface area contributed by atoms with Gasteiger partial charge in [-0.3, -0.25) is 9.59 Å². The van der Waals surface area contributed by atoms with Gasteiger partial charge in [0.25, 0.3) is 0 Å². The molecular formula is C50H66N8O6. The fraction of sp³-hybridized carbons (Fsp3) is 0.560. The van der Waals surface area contributed by atoms with Gasteiger partial charge >= 0.3 is 12.2 Å². The second-order valence-corrected chi connectivity index (χ2v) is 20.9. The molecule has 1 saturated carbocycles. The summed E-state index contributed by atoms with van der Waals surface area (Å²) in [6.45, 7) is 17.5. The van der Waals surface area contributed by atoms with Crippen molar-refractivity contribution in [2.24, 2.45) is 22.7 Å². The van der Waals surface area contributed by atoms with Gasteiger partial charge in [-0.05, 0) is 101 Å². The first kappa shape index (κ1) is 44.9. The quantitative estimate of drug-likeness (QED) is 0.115. The highest BCUT2D eigenvalue weighted by Gasteiger charge is 2.47. The number of methoxy groups -OCH3 is 2. The van der Waals surface area contributed by atoms with E-state index in [9.17, 15) is 19.2 Å². The molecule has 2 bridgehead atoms. The third-order valence-electron chi connectivity index (χ3n) is 14.2. The third kappa shape index (κ3) is 8.64. The van der Waals surface area contributed by atoms with Crippen LogP contribution in [0.5, 0.6) is 0 Å². The predicted molar refractivity (Wildman–Crippen MR) is 245 cm³/mol. The van der Waals surface area contributed by atoms with Gasteiger partial charge < -0.3 is 39.9 Å². The van der Waals surface area contributed by atoms with E-state index in [1.807, 2.05) is 49.9 Å². The van der Waals surface area contributed by atoms with Crippen LogP contribution in [0.3, 0.4) is 0 Å². The Kier molecular flexibility index (Phi) is 12.2. The van der Waals surface area contributed by atoms with Crippen molar-refractivity contribution in [2.45, 2.75) is 130 Å². The molecule has 2 aliphatic heterocycles. The summed E-state index contributed by atoms with van der Waals surface area (Å²) in [7, 11) is 2.61. The summed E-state index contributed by atoms with van der Waals surface area (Å²) in [4.78, 5) is 73.3. The summed E-state index contributed by atoms with van der Waals surface area (Å²) in [5.74, 6) is 1.91. The normalized spacial score (nSPS) is 22.9. The van der Waals surface area contributed by atoms with Gasteiger partial charge in [0.15, 0.2) is 0 Å². The number of carbonyl (C=O) groups is 4. The summed E-state index contributed by atoms with van der Waals surface area (Å²) in [6, 6.07) is 11.3. The van der Waals surface area contributed by atoms with Crippen LogP contribution in [-0.2, 0) is 19.1 Å². The van der Waals surface area contributed by atoms with Gasteiger partial charge in [-0.15, -0.1) is 0 Å². The molecule has 0 spiro atoms. The van der Waals surface area contributed by atoms with Crippen molar-refractivity contribution < 1.29 is 28.7 Å². The number of hydrogen-bond donors (Lipinski definition) is 4. The summed E-state index contributed by atoms with van der Waals surface area (Å²) >= 11 is 0. The maximum atomic E-state index is 14.1. The Bertz CT molecular complexity index is 2390. The van der Waals surface area contributed by atoms with Crippen LogP contribution in [0, 0.1) is 22.7 Å². The van der Waals surface area contributed by atoms with Crippen molar-refractivity contribution >= 4 is 24.0 Å². The van der Waals surface area contributed by atoms with Crippen molar-refractivity contribution in [1.29, 1.82) is 0 Å². The molecule has 0 radical (unpaired) electrons. The minimum absolute atomic E-state index is 0.125. The number of hydrogen-bond acceptors (Lipinski definition) is 8. The van der Waals surface area contributed by atoms with E-state index in [0.29, 0.717) is 24.9 Å². The zero-order valence-corrected chi connectivity index (χ0v) is 39.1.